The van der Waals surface area contributed by atoms with Crippen LogP contribution in [0, 0.1) is 12.7 Å². The van der Waals surface area contributed by atoms with Gasteiger partial charge in [-0.15, -0.1) is 0 Å². The van der Waals surface area contributed by atoms with E-state index in [-0.39, 0.29) is 12.2 Å². The number of halogens is 1. The second-order valence-electron chi connectivity index (χ2n) is 7.43. The summed E-state index contributed by atoms with van der Waals surface area (Å²) in [5.41, 5.74) is 3.34. The molecule has 144 valence electrons. The molecule has 0 saturated carbocycles. The highest BCUT2D eigenvalue weighted by atomic mass is 19.1. The number of fused-ring (bicyclic) bond motifs is 3. The molecule has 1 spiro atoms. The standard InChI is InChI=1S/C24H18FNO3/c1-14-6-8-15(9-7-14)21-17-12-16(25)10-11-18(17)24(22(21)23(27)28)13-29-20-5-3-2-4-19(20)26-24/h2-12,26H,13H2,1H3,(H,27,28). The zero-order valence-electron chi connectivity index (χ0n) is 15.7. The molecule has 0 bridgehead atoms. The van der Waals surface area contributed by atoms with Crippen LogP contribution in [0.1, 0.15) is 22.3 Å². The predicted molar refractivity (Wildman–Crippen MR) is 108 cm³/mol. The molecular formula is C24H18FNO3. The van der Waals surface area contributed by atoms with Gasteiger partial charge in [0.15, 0.2) is 0 Å². The lowest BCUT2D eigenvalue weighted by Gasteiger charge is -2.38. The Labute approximate surface area is 167 Å². The maximum atomic E-state index is 14.2. The number of carbonyl (C=O) groups is 1. The smallest absolute Gasteiger partial charge is 0.335 e. The maximum absolute atomic E-state index is 14.2. The summed E-state index contributed by atoms with van der Waals surface area (Å²) < 4.78 is 20.2. The first-order valence-electron chi connectivity index (χ1n) is 9.35. The minimum Gasteiger partial charge on any atom is -0.488 e. The quantitative estimate of drug-likeness (QED) is 0.667. The van der Waals surface area contributed by atoms with Gasteiger partial charge in [-0.1, -0.05) is 48.0 Å². The molecule has 5 heteroatoms. The van der Waals surface area contributed by atoms with E-state index in [1.807, 2.05) is 55.5 Å². The third-order valence-corrected chi connectivity index (χ3v) is 5.62. The lowest BCUT2D eigenvalue weighted by Crippen LogP contribution is -2.46. The van der Waals surface area contributed by atoms with Gasteiger partial charge in [0.1, 0.15) is 23.7 Å². The van der Waals surface area contributed by atoms with Crippen molar-refractivity contribution in [1.82, 2.24) is 0 Å². The number of anilines is 1. The molecule has 1 aliphatic heterocycles. The van der Waals surface area contributed by atoms with E-state index in [9.17, 15) is 14.3 Å². The Kier molecular flexibility index (Phi) is 3.74. The number of benzene rings is 3. The second kappa shape index (κ2) is 6.21. The Morgan fingerprint density at radius 1 is 1.10 bits per heavy atom. The molecule has 1 heterocycles. The fourth-order valence-electron chi connectivity index (χ4n) is 4.32. The molecule has 0 radical (unpaired) electrons. The third-order valence-electron chi connectivity index (χ3n) is 5.62. The van der Waals surface area contributed by atoms with Crippen LogP contribution in [0.5, 0.6) is 5.75 Å². The molecule has 1 unspecified atom stereocenters. The first-order chi connectivity index (χ1) is 14.0. The van der Waals surface area contributed by atoms with Gasteiger partial charge in [-0.2, -0.15) is 0 Å². The second-order valence-corrected chi connectivity index (χ2v) is 7.43. The minimum atomic E-state index is -1.11. The Balaban J connectivity index is 1.81. The van der Waals surface area contributed by atoms with Crippen LogP contribution in [-0.2, 0) is 10.3 Å². The van der Waals surface area contributed by atoms with Crippen molar-refractivity contribution in [3.8, 4) is 5.75 Å². The van der Waals surface area contributed by atoms with Crippen molar-refractivity contribution in [3.63, 3.8) is 0 Å². The summed E-state index contributed by atoms with van der Waals surface area (Å²) in [5.74, 6) is -0.810. The number of aryl methyl sites for hydroxylation is 1. The first-order valence-corrected chi connectivity index (χ1v) is 9.35. The van der Waals surface area contributed by atoms with Crippen molar-refractivity contribution in [3.05, 3.63) is 100 Å². The largest absolute Gasteiger partial charge is 0.488 e. The Bertz CT molecular complexity index is 1180. The van der Waals surface area contributed by atoms with Crippen LogP contribution in [0.25, 0.3) is 5.57 Å². The van der Waals surface area contributed by atoms with Crippen molar-refractivity contribution in [2.45, 2.75) is 12.5 Å². The van der Waals surface area contributed by atoms with E-state index in [1.165, 1.54) is 12.1 Å². The number of ether oxygens (including phenoxy) is 1. The molecule has 3 aromatic rings. The topological polar surface area (TPSA) is 58.6 Å². The highest BCUT2D eigenvalue weighted by Gasteiger charge is 2.51. The molecule has 0 fully saturated rings. The van der Waals surface area contributed by atoms with E-state index in [2.05, 4.69) is 5.32 Å². The van der Waals surface area contributed by atoms with Gasteiger partial charge in [0.25, 0.3) is 0 Å². The highest BCUT2D eigenvalue weighted by Crippen LogP contribution is 2.52. The molecule has 4 nitrogen and oxygen atoms in total. The average Bonchev–Trinajstić information content (AvgIpc) is 2.98. The molecule has 0 saturated heterocycles. The van der Waals surface area contributed by atoms with Gasteiger partial charge >= 0.3 is 5.97 Å². The molecule has 5 rings (SSSR count). The number of carboxylic acids is 1. The first kappa shape index (κ1) is 17.5. The minimum absolute atomic E-state index is 0.0969. The van der Waals surface area contributed by atoms with Gasteiger partial charge in [0.05, 0.1) is 11.3 Å². The van der Waals surface area contributed by atoms with Gasteiger partial charge in [0.2, 0.25) is 0 Å². The summed E-state index contributed by atoms with van der Waals surface area (Å²) in [6.45, 7) is 2.06. The number of rotatable bonds is 2. The molecule has 29 heavy (non-hydrogen) atoms. The summed E-state index contributed by atoms with van der Waals surface area (Å²) in [7, 11) is 0. The van der Waals surface area contributed by atoms with Crippen molar-refractivity contribution in [1.29, 1.82) is 0 Å². The van der Waals surface area contributed by atoms with Crippen molar-refractivity contribution in [2.24, 2.45) is 0 Å². The fourth-order valence-corrected chi connectivity index (χ4v) is 4.32. The van der Waals surface area contributed by atoms with E-state index in [0.717, 1.165) is 11.1 Å². The summed E-state index contributed by atoms with van der Waals surface area (Å²) in [4.78, 5) is 12.5. The molecule has 0 aromatic heterocycles. The van der Waals surface area contributed by atoms with Gasteiger partial charge < -0.3 is 15.2 Å². The summed E-state index contributed by atoms with van der Waals surface area (Å²) in [6, 6.07) is 19.4. The molecule has 1 aliphatic carbocycles. The van der Waals surface area contributed by atoms with Gasteiger partial charge in [-0.25, -0.2) is 9.18 Å². The summed E-state index contributed by atoms with van der Waals surface area (Å²) >= 11 is 0. The summed E-state index contributed by atoms with van der Waals surface area (Å²) in [6.07, 6.45) is 0. The number of nitrogens with one attached hydrogen (secondary N) is 1. The Hall–Kier alpha value is -3.60. The molecule has 0 amide bonds. The molecule has 1 atom stereocenters. The Morgan fingerprint density at radius 2 is 1.86 bits per heavy atom. The SMILES string of the molecule is Cc1ccc(C2=C(C(=O)O)C3(COc4ccccc4N3)c3ccc(F)cc32)cc1. The number of carboxylic acid groups (broad SMARTS) is 1. The van der Waals surface area contributed by atoms with Crippen molar-refractivity contribution >= 4 is 17.2 Å². The normalized spacial score (nSPS) is 19.4. The highest BCUT2D eigenvalue weighted by molar-refractivity contribution is 6.08. The van der Waals surface area contributed by atoms with Gasteiger partial charge in [0, 0.05) is 5.57 Å². The van der Waals surface area contributed by atoms with E-state index in [4.69, 9.17) is 4.74 Å². The van der Waals surface area contributed by atoms with E-state index >= 15 is 0 Å². The molecular weight excluding hydrogens is 369 g/mol. The average molecular weight is 387 g/mol. The maximum Gasteiger partial charge on any atom is 0.335 e. The zero-order valence-corrected chi connectivity index (χ0v) is 15.7. The lowest BCUT2D eigenvalue weighted by atomic mass is 9.85. The van der Waals surface area contributed by atoms with Gasteiger partial charge in [-0.05, 0) is 47.9 Å². The van der Waals surface area contributed by atoms with E-state index in [0.29, 0.717) is 28.1 Å². The van der Waals surface area contributed by atoms with Crippen LogP contribution in [0.2, 0.25) is 0 Å². The predicted octanol–water partition coefficient (Wildman–Crippen LogP) is 4.73. The van der Waals surface area contributed by atoms with E-state index < -0.39 is 17.3 Å². The zero-order chi connectivity index (χ0) is 20.2. The summed E-state index contributed by atoms with van der Waals surface area (Å²) in [5, 5.41) is 13.7. The lowest BCUT2D eigenvalue weighted by molar-refractivity contribution is -0.133. The Morgan fingerprint density at radius 3 is 2.62 bits per heavy atom. The number of hydrogen-bond donors (Lipinski definition) is 2. The van der Waals surface area contributed by atoms with Crippen LogP contribution in [0.15, 0.2) is 72.3 Å². The third kappa shape index (κ3) is 2.54. The van der Waals surface area contributed by atoms with Crippen LogP contribution < -0.4 is 10.1 Å². The number of aliphatic carboxylic acids is 1. The molecule has 3 aromatic carbocycles. The molecule has 2 N–H and O–H groups in total. The van der Waals surface area contributed by atoms with Gasteiger partial charge in [-0.3, -0.25) is 0 Å². The number of para-hydroxylation sites is 2. The van der Waals surface area contributed by atoms with Crippen LogP contribution in [-0.4, -0.2) is 17.7 Å². The van der Waals surface area contributed by atoms with Crippen LogP contribution >= 0.6 is 0 Å². The fraction of sp³-hybridized carbons (Fsp3) is 0.125. The van der Waals surface area contributed by atoms with Crippen LogP contribution in [0.4, 0.5) is 10.1 Å². The van der Waals surface area contributed by atoms with Crippen molar-refractivity contribution < 1.29 is 19.0 Å². The van der Waals surface area contributed by atoms with Crippen molar-refractivity contribution in [2.75, 3.05) is 11.9 Å². The molecule has 2 aliphatic rings. The van der Waals surface area contributed by atoms with E-state index in [1.54, 1.807) is 6.07 Å². The van der Waals surface area contributed by atoms with Crippen LogP contribution in [0.3, 0.4) is 0 Å². The number of hydrogen-bond acceptors (Lipinski definition) is 3. The monoisotopic (exact) mass is 387 g/mol.